The predicted octanol–water partition coefficient (Wildman–Crippen LogP) is 7.96. The number of hydrogen-bond donors (Lipinski definition) is 0. The van der Waals surface area contributed by atoms with Crippen LogP contribution in [0.25, 0.3) is 10.8 Å². The fourth-order valence-corrected chi connectivity index (χ4v) is 5.22. The molecule has 0 aromatic heterocycles. The first-order valence-corrected chi connectivity index (χ1v) is 15.0. The molecule has 5 nitrogen and oxygen atoms in total. The molecule has 4 unspecified atom stereocenters. The summed E-state index contributed by atoms with van der Waals surface area (Å²) in [5, 5.41) is 2.21. The van der Waals surface area contributed by atoms with Crippen molar-refractivity contribution < 1.29 is 23.4 Å². The highest BCUT2D eigenvalue weighted by molar-refractivity contribution is 6.12. The molecule has 4 atom stereocenters. The van der Waals surface area contributed by atoms with Gasteiger partial charge in [-0.15, -0.1) is 0 Å². The lowest BCUT2D eigenvalue weighted by molar-refractivity contribution is -0.195. The van der Waals surface area contributed by atoms with E-state index in [0.29, 0.717) is 26.1 Å². The van der Waals surface area contributed by atoms with Gasteiger partial charge in [0, 0.05) is 28.3 Å². The SMILES string of the molecule is CC([Si])C(C)(C)OC(=O)N1CCC(c2ccc(F)cc2)C(OC(OCc2ccccc2)c2ccc3ccccc3c2)C1. The molecule has 0 spiro atoms. The largest absolute Gasteiger partial charge is 0.443 e. The third-order valence-electron chi connectivity index (χ3n) is 8.10. The van der Waals surface area contributed by atoms with E-state index in [0.717, 1.165) is 27.5 Å². The number of likely N-dealkylation sites (tertiary alicyclic amines) is 1. The standard InChI is InChI=1S/C35H37FNO4Si/c1-24(42)35(2,3)41-34(38)37-20-19-31(27-15-17-30(36)18-16-27)32(22-37)40-33(39-23-25-9-5-4-6-10-25)29-14-13-26-11-7-8-12-28(26)21-29/h4-18,21,24,31-33H,19-20,22-23H2,1-3H3. The average Bonchev–Trinajstić information content (AvgIpc) is 2.99. The molecule has 5 rings (SSSR count). The third-order valence-corrected chi connectivity index (χ3v) is 8.79. The van der Waals surface area contributed by atoms with E-state index in [1.807, 2.05) is 69.3 Å². The van der Waals surface area contributed by atoms with Gasteiger partial charge >= 0.3 is 6.09 Å². The maximum absolute atomic E-state index is 13.8. The van der Waals surface area contributed by atoms with Crippen LogP contribution >= 0.6 is 0 Å². The van der Waals surface area contributed by atoms with Gasteiger partial charge in [-0.1, -0.05) is 85.8 Å². The predicted molar refractivity (Wildman–Crippen MR) is 164 cm³/mol. The number of halogens is 1. The van der Waals surface area contributed by atoms with Gasteiger partial charge in [0.2, 0.25) is 0 Å². The fraction of sp³-hybridized carbons (Fsp3) is 0.343. The zero-order valence-electron chi connectivity index (χ0n) is 24.3. The lowest BCUT2D eigenvalue weighted by Crippen LogP contribution is -2.49. The first kappa shape index (κ1) is 30.0. The summed E-state index contributed by atoms with van der Waals surface area (Å²) in [6, 6.07) is 30.9. The summed E-state index contributed by atoms with van der Waals surface area (Å²) in [4.78, 5) is 15.0. The van der Waals surface area contributed by atoms with Crippen molar-refractivity contribution >= 4 is 27.1 Å². The lowest BCUT2D eigenvalue weighted by atomic mass is 9.87. The molecule has 1 fully saturated rings. The lowest BCUT2D eigenvalue weighted by Gasteiger charge is -2.41. The maximum atomic E-state index is 13.8. The van der Waals surface area contributed by atoms with E-state index in [9.17, 15) is 9.18 Å². The second kappa shape index (κ2) is 13.2. The minimum Gasteiger partial charge on any atom is -0.443 e. The van der Waals surface area contributed by atoms with Crippen molar-refractivity contribution in [1.29, 1.82) is 0 Å². The number of carbonyl (C=O) groups is 1. The molecule has 42 heavy (non-hydrogen) atoms. The van der Waals surface area contributed by atoms with E-state index in [4.69, 9.17) is 14.2 Å². The van der Waals surface area contributed by atoms with E-state index in [-0.39, 0.29) is 23.4 Å². The van der Waals surface area contributed by atoms with Crippen molar-refractivity contribution in [3.8, 4) is 0 Å². The Balaban J connectivity index is 1.45. The van der Waals surface area contributed by atoms with E-state index in [1.165, 1.54) is 12.1 Å². The van der Waals surface area contributed by atoms with Gasteiger partial charge in [-0.25, -0.2) is 9.18 Å². The van der Waals surface area contributed by atoms with Crippen molar-refractivity contribution in [1.82, 2.24) is 4.90 Å². The normalized spacial score (nSPS) is 18.9. The molecule has 3 radical (unpaired) electrons. The molecule has 1 amide bonds. The highest BCUT2D eigenvalue weighted by Gasteiger charge is 2.38. The van der Waals surface area contributed by atoms with Crippen molar-refractivity contribution in [2.45, 2.75) is 63.3 Å². The van der Waals surface area contributed by atoms with Gasteiger partial charge in [0.05, 0.1) is 19.3 Å². The monoisotopic (exact) mass is 582 g/mol. The Morgan fingerprint density at radius 2 is 1.67 bits per heavy atom. The van der Waals surface area contributed by atoms with Crippen LogP contribution in [0.3, 0.4) is 0 Å². The Labute approximate surface area is 251 Å². The fourth-order valence-electron chi connectivity index (χ4n) is 5.16. The van der Waals surface area contributed by atoms with Crippen LogP contribution in [0.1, 0.15) is 56.1 Å². The van der Waals surface area contributed by atoms with Gasteiger partial charge in [0.25, 0.3) is 0 Å². The number of piperidine rings is 1. The number of fused-ring (bicyclic) bond motifs is 1. The second-order valence-electron chi connectivity index (χ2n) is 11.5. The Bertz CT molecular complexity index is 1480. The zero-order valence-corrected chi connectivity index (χ0v) is 25.3. The average molecular weight is 583 g/mol. The second-order valence-corrected chi connectivity index (χ2v) is 12.4. The Morgan fingerprint density at radius 1 is 0.976 bits per heavy atom. The summed E-state index contributed by atoms with van der Waals surface area (Å²) >= 11 is 0. The summed E-state index contributed by atoms with van der Waals surface area (Å²) in [5.74, 6) is -0.357. The number of ether oxygens (including phenoxy) is 3. The number of benzene rings is 4. The highest BCUT2D eigenvalue weighted by atomic mass is 28.1. The number of hydrogen-bond acceptors (Lipinski definition) is 4. The van der Waals surface area contributed by atoms with E-state index < -0.39 is 18.0 Å². The van der Waals surface area contributed by atoms with Crippen LogP contribution in [0, 0.1) is 5.82 Å². The van der Waals surface area contributed by atoms with Gasteiger partial charge in [-0.3, -0.25) is 0 Å². The first-order chi connectivity index (χ1) is 20.2. The maximum Gasteiger partial charge on any atom is 0.410 e. The van der Waals surface area contributed by atoms with E-state index in [1.54, 1.807) is 17.0 Å². The Hall–Kier alpha value is -3.52. The smallest absolute Gasteiger partial charge is 0.410 e. The first-order valence-electron chi connectivity index (χ1n) is 14.4. The number of nitrogens with zero attached hydrogens (tertiary/aromatic N) is 1. The topological polar surface area (TPSA) is 48.0 Å². The van der Waals surface area contributed by atoms with Crippen molar-refractivity contribution in [3.63, 3.8) is 0 Å². The van der Waals surface area contributed by atoms with E-state index >= 15 is 0 Å². The molecule has 1 aliphatic rings. The van der Waals surface area contributed by atoms with Crippen LogP contribution in [-0.4, -0.2) is 46.0 Å². The van der Waals surface area contributed by atoms with Crippen LogP contribution in [0.4, 0.5) is 9.18 Å². The molecule has 0 N–H and O–H groups in total. The van der Waals surface area contributed by atoms with Crippen LogP contribution in [-0.2, 0) is 20.8 Å². The molecule has 0 aliphatic carbocycles. The van der Waals surface area contributed by atoms with Crippen LogP contribution in [0.2, 0.25) is 5.54 Å². The summed E-state index contributed by atoms with van der Waals surface area (Å²) in [6.07, 6.45) is -0.868. The van der Waals surface area contributed by atoms with Gasteiger partial charge < -0.3 is 19.1 Å². The minimum absolute atomic E-state index is 0.0334. The van der Waals surface area contributed by atoms with Crippen molar-refractivity contribution in [2.75, 3.05) is 13.1 Å². The molecule has 1 heterocycles. The summed E-state index contributed by atoms with van der Waals surface area (Å²) in [5.41, 5.74) is 2.15. The molecule has 4 aromatic rings. The number of amides is 1. The van der Waals surface area contributed by atoms with Crippen LogP contribution in [0.15, 0.2) is 97.1 Å². The summed E-state index contributed by atoms with van der Waals surface area (Å²) < 4.78 is 33.0. The Kier molecular flexibility index (Phi) is 9.41. The van der Waals surface area contributed by atoms with Crippen molar-refractivity contribution in [3.05, 3.63) is 120 Å². The number of carbonyl (C=O) groups excluding carboxylic acids is 1. The van der Waals surface area contributed by atoms with Gasteiger partial charge in [0.1, 0.15) is 11.4 Å². The van der Waals surface area contributed by atoms with Crippen LogP contribution < -0.4 is 0 Å². The number of rotatable bonds is 9. The quantitative estimate of drug-likeness (QED) is 0.148. The van der Waals surface area contributed by atoms with Crippen molar-refractivity contribution in [2.24, 2.45) is 0 Å². The zero-order chi connectivity index (χ0) is 29.7. The van der Waals surface area contributed by atoms with E-state index in [2.05, 4.69) is 34.5 Å². The molecule has 7 heteroatoms. The molecule has 0 bridgehead atoms. The van der Waals surface area contributed by atoms with Gasteiger partial charge in [-0.05, 0) is 65.9 Å². The molecule has 0 saturated carbocycles. The molecular formula is C35H37FNO4Si. The summed E-state index contributed by atoms with van der Waals surface area (Å²) in [7, 11) is 3.61. The van der Waals surface area contributed by atoms with Crippen LogP contribution in [0.5, 0.6) is 0 Å². The van der Waals surface area contributed by atoms with Gasteiger partial charge in [-0.2, -0.15) is 0 Å². The summed E-state index contributed by atoms with van der Waals surface area (Å²) in [6.45, 7) is 6.89. The molecular weight excluding hydrogens is 545 g/mol. The Morgan fingerprint density at radius 3 is 2.38 bits per heavy atom. The molecule has 217 valence electrons. The molecule has 4 aromatic carbocycles. The van der Waals surface area contributed by atoms with Gasteiger partial charge in [0.15, 0.2) is 6.29 Å². The highest BCUT2D eigenvalue weighted by Crippen LogP contribution is 2.36. The molecule has 1 saturated heterocycles. The minimum atomic E-state index is -0.697. The molecule has 1 aliphatic heterocycles. The third kappa shape index (κ3) is 7.27.